The van der Waals surface area contributed by atoms with Crippen molar-refractivity contribution in [2.24, 2.45) is 0 Å². The van der Waals surface area contributed by atoms with Crippen LogP contribution in [0.1, 0.15) is 17.5 Å². The lowest BCUT2D eigenvalue weighted by Gasteiger charge is -2.20. The van der Waals surface area contributed by atoms with Gasteiger partial charge in [-0.3, -0.25) is 14.7 Å². The molecule has 0 saturated heterocycles. The second-order valence-corrected chi connectivity index (χ2v) is 10.9. The second kappa shape index (κ2) is 9.77. The van der Waals surface area contributed by atoms with Gasteiger partial charge in [0.25, 0.3) is 0 Å². The summed E-state index contributed by atoms with van der Waals surface area (Å²) in [6, 6.07) is 18.1. The third-order valence-electron chi connectivity index (χ3n) is 4.81. The number of carbonyl (C=O) groups is 1. The zero-order chi connectivity index (χ0) is 22.6. The summed E-state index contributed by atoms with van der Waals surface area (Å²) in [5.74, 6) is -0.656. The number of amides is 1. The fraction of sp³-hybridized carbons (Fsp3) is 0.174. The zero-order valence-electron chi connectivity index (χ0n) is 17.0. The van der Waals surface area contributed by atoms with Crippen molar-refractivity contribution < 1.29 is 13.2 Å². The quantitative estimate of drug-likeness (QED) is 0.355. The molecule has 0 bridgehead atoms. The van der Waals surface area contributed by atoms with Crippen LogP contribution in [0.4, 0.5) is 5.13 Å². The number of halogens is 1. The molecule has 2 aromatic heterocycles. The van der Waals surface area contributed by atoms with E-state index in [4.69, 9.17) is 11.6 Å². The molecule has 2 aromatic carbocycles. The Kier molecular flexibility index (Phi) is 6.83. The average molecular weight is 486 g/mol. The summed E-state index contributed by atoms with van der Waals surface area (Å²) in [5.41, 5.74) is 2.14. The van der Waals surface area contributed by atoms with Crippen LogP contribution in [0.5, 0.6) is 0 Å². The summed E-state index contributed by atoms with van der Waals surface area (Å²) in [5, 5.41) is 0.978. The Bertz CT molecular complexity index is 1330. The van der Waals surface area contributed by atoms with Gasteiger partial charge >= 0.3 is 0 Å². The van der Waals surface area contributed by atoms with Crippen molar-refractivity contribution in [3.8, 4) is 0 Å². The number of hydrogen-bond acceptors (Lipinski definition) is 6. The van der Waals surface area contributed by atoms with E-state index in [-0.39, 0.29) is 30.4 Å². The van der Waals surface area contributed by atoms with Crippen LogP contribution in [-0.2, 0) is 26.9 Å². The van der Waals surface area contributed by atoms with Gasteiger partial charge in [0, 0.05) is 18.8 Å². The van der Waals surface area contributed by atoms with Crippen LogP contribution in [0.25, 0.3) is 10.2 Å². The van der Waals surface area contributed by atoms with E-state index in [1.807, 2.05) is 24.3 Å². The van der Waals surface area contributed by atoms with Crippen LogP contribution in [-0.4, -0.2) is 30.0 Å². The fourth-order valence-electron chi connectivity index (χ4n) is 3.23. The standard InChI is InChI=1S/C23H20ClN3O3S2/c24-19-9-4-10-20-22(19)26-23(31-20)27(15-18-8-5-12-25-14-18)21(28)11-13-32(29,30)16-17-6-2-1-3-7-17/h1-10,12,14H,11,13,15-16H2. The minimum absolute atomic E-state index is 0.0968. The number of benzene rings is 2. The minimum atomic E-state index is -3.45. The SMILES string of the molecule is O=C(CCS(=O)(=O)Cc1ccccc1)N(Cc1cccnc1)c1nc2c(Cl)cccc2s1. The molecule has 0 aliphatic rings. The second-order valence-electron chi connectivity index (χ2n) is 7.25. The lowest BCUT2D eigenvalue weighted by Crippen LogP contribution is -2.32. The lowest BCUT2D eigenvalue weighted by atomic mass is 10.2. The van der Waals surface area contributed by atoms with Crippen molar-refractivity contribution in [2.75, 3.05) is 10.7 Å². The van der Waals surface area contributed by atoms with Crippen molar-refractivity contribution in [3.63, 3.8) is 0 Å². The highest BCUT2D eigenvalue weighted by atomic mass is 35.5. The molecule has 0 saturated carbocycles. The normalized spacial score (nSPS) is 11.5. The number of hydrogen-bond donors (Lipinski definition) is 0. The van der Waals surface area contributed by atoms with Crippen LogP contribution in [0, 0.1) is 0 Å². The molecule has 0 fully saturated rings. The van der Waals surface area contributed by atoms with Gasteiger partial charge in [-0.15, -0.1) is 0 Å². The number of aromatic nitrogens is 2. The Morgan fingerprint density at radius 3 is 2.50 bits per heavy atom. The summed E-state index contributed by atoms with van der Waals surface area (Å²) in [4.78, 5) is 23.4. The fourth-order valence-corrected chi connectivity index (χ4v) is 5.85. The first-order valence-corrected chi connectivity index (χ1v) is 12.9. The number of para-hydroxylation sites is 1. The van der Waals surface area contributed by atoms with E-state index < -0.39 is 9.84 Å². The number of sulfone groups is 1. The van der Waals surface area contributed by atoms with Crippen molar-refractivity contribution in [1.29, 1.82) is 0 Å². The molecular weight excluding hydrogens is 466 g/mol. The molecule has 0 N–H and O–H groups in total. The molecule has 0 unspecified atom stereocenters. The van der Waals surface area contributed by atoms with Crippen LogP contribution in [0.15, 0.2) is 73.1 Å². The molecule has 0 atom stereocenters. The van der Waals surface area contributed by atoms with E-state index in [0.717, 1.165) is 10.3 Å². The van der Waals surface area contributed by atoms with Crippen LogP contribution < -0.4 is 4.90 Å². The first kappa shape index (κ1) is 22.4. The zero-order valence-corrected chi connectivity index (χ0v) is 19.4. The first-order chi connectivity index (χ1) is 15.4. The molecule has 0 aliphatic carbocycles. The predicted molar refractivity (Wildman–Crippen MR) is 129 cm³/mol. The largest absolute Gasteiger partial charge is 0.284 e. The van der Waals surface area contributed by atoms with Crippen LogP contribution >= 0.6 is 22.9 Å². The molecule has 4 rings (SSSR count). The van der Waals surface area contributed by atoms with Gasteiger partial charge in [-0.05, 0) is 29.3 Å². The first-order valence-electron chi connectivity index (χ1n) is 9.90. The van der Waals surface area contributed by atoms with E-state index in [0.29, 0.717) is 21.2 Å². The molecule has 1 amide bonds. The van der Waals surface area contributed by atoms with Gasteiger partial charge in [0.05, 0.1) is 27.8 Å². The van der Waals surface area contributed by atoms with Gasteiger partial charge < -0.3 is 0 Å². The maximum atomic E-state index is 13.2. The summed E-state index contributed by atoms with van der Waals surface area (Å²) in [7, 11) is -3.45. The van der Waals surface area contributed by atoms with Crippen molar-refractivity contribution in [1.82, 2.24) is 9.97 Å². The Balaban J connectivity index is 1.56. The molecule has 164 valence electrons. The number of nitrogens with zero attached hydrogens (tertiary/aromatic N) is 3. The molecular formula is C23H20ClN3O3S2. The van der Waals surface area contributed by atoms with E-state index in [9.17, 15) is 13.2 Å². The monoisotopic (exact) mass is 485 g/mol. The number of carbonyl (C=O) groups excluding carboxylic acids is 1. The average Bonchev–Trinajstić information content (AvgIpc) is 3.22. The number of anilines is 1. The van der Waals surface area contributed by atoms with Crippen molar-refractivity contribution >= 4 is 54.0 Å². The highest BCUT2D eigenvalue weighted by Crippen LogP contribution is 2.33. The van der Waals surface area contributed by atoms with Crippen molar-refractivity contribution in [2.45, 2.75) is 18.7 Å². The van der Waals surface area contributed by atoms with Gasteiger partial charge in [-0.2, -0.15) is 0 Å². The molecule has 2 heterocycles. The predicted octanol–water partition coefficient (Wildman–Crippen LogP) is 4.88. The van der Waals surface area contributed by atoms with Gasteiger partial charge in [0.2, 0.25) is 5.91 Å². The summed E-state index contributed by atoms with van der Waals surface area (Å²) in [6.07, 6.45) is 3.19. The maximum absolute atomic E-state index is 13.2. The molecule has 0 aliphatic heterocycles. The van der Waals surface area contributed by atoms with E-state index >= 15 is 0 Å². The van der Waals surface area contributed by atoms with Crippen molar-refractivity contribution in [3.05, 3.63) is 89.2 Å². The molecule has 4 aromatic rings. The molecule has 0 spiro atoms. The number of rotatable bonds is 8. The molecule has 0 radical (unpaired) electrons. The van der Waals surface area contributed by atoms with Crippen LogP contribution in [0.3, 0.4) is 0 Å². The number of fused-ring (bicyclic) bond motifs is 1. The van der Waals surface area contributed by atoms with E-state index in [2.05, 4.69) is 9.97 Å². The number of thiazole rings is 1. The Morgan fingerprint density at radius 2 is 1.78 bits per heavy atom. The van der Waals surface area contributed by atoms with Gasteiger partial charge in [-0.1, -0.05) is 65.4 Å². The Hall–Kier alpha value is -2.81. The smallest absolute Gasteiger partial charge is 0.230 e. The molecule has 32 heavy (non-hydrogen) atoms. The van der Waals surface area contributed by atoms with Gasteiger partial charge in [-0.25, -0.2) is 13.4 Å². The summed E-state index contributed by atoms with van der Waals surface area (Å²) >= 11 is 7.61. The topological polar surface area (TPSA) is 80.2 Å². The Morgan fingerprint density at radius 1 is 1.00 bits per heavy atom. The van der Waals surface area contributed by atoms with E-state index in [1.54, 1.807) is 48.8 Å². The summed E-state index contributed by atoms with van der Waals surface area (Å²) in [6.45, 7) is 0.239. The Labute approximate surface area is 195 Å². The van der Waals surface area contributed by atoms with E-state index in [1.165, 1.54) is 16.2 Å². The molecule has 6 nitrogen and oxygen atoms in total. The lowest BCUT2D eigenvalue weighted by molar-refractivity contribution is -0.118. The number of pyridine rings is 1. The highest BCUT2D eigenvalue weighted by Gasteiger charge is 2.23. The highest BCUT2D eigenvalue weighted by molar-refractivity contribution is 7.90. The third-order valence-corrected chi connectivity index (χ3v) is 7.76. The molecule has 9 heteroatoms. The maximum Gasteiger partial charge on any atom is 0.230 e. The third kappa shape index (κ3) is 5.51. The van der Waals surface area contributed by atoms with Gasteiger partial charge in [0.1, 0.15) is 5.52 Å². The van der Waals surface area contributed by atoms with Crippen LogP contribution in [0.2, 0.25) is 5.02 Å². The summed E-state index contributed by atoms with van der Waals surface area (Å²) < 4.78 is 26.0. The van der Waals surface area contributed by atoms with Gasteiger partial charge in [0.15, 0.2) is 15.0 Å². The minimum Gasteiger partial charge on any atom is -0.284 e.